The van der Waals surface area contributed by atoms with Gasteiger partial charge in [0.15, 0.2) is 5.82 Å². The molecule has 0 amide bonds. The zero-order valence-corrected chi connectivity index (χ0v) is 31.7. The molecule has 0 radical (unpaired) electrons. The highest BCUT2D eigenvalue weighted by Gasteiger charge is 2.21. The summed E-state index contributed by atoms with van der Waals surface area (Å²) in [5.41, 5.74) is 2.61. The Bertz CT molecular complexity index is 3660. The summed E-state index contributed by atoms with van der Waals surface area (Å²) in [5, 5.41) is 1.92. The summed E-state index contributed by atoms with van der Waals surface area (Å²) in [6, 6.07) is 27.0. The number of aromatic nitrogens is 5. The van der Waals surface area contributed by atoms with E-state index in [0.717, 1.165) is 21.8 Å². The monoisotopic (exact) mass is 763 g/mol. The fourth-order valence-corrected chi connectivity index (χ4v) is 7.39. The highest BCUT2D eigenvalue weighted by atomic mass is 16.5. The van der Waals surface area contributed by atoms with Gasteiger partial charge >= 0.3 is 0 Å². The molecule has 58 heavy (non-hydrogen) atoms. The molecule has 0 fully saturated rings. The molecule has 6 nitrogen and oxygen atoms in total. The van der Waals surface area contributed by atoms with Gasteiger partial charge in [-0.3, -0.25) is 18.7 Å². The fourth-order valence-electron chi connectivity index (χ4n) is 7.39. The molecule has 0 saturated carbocycles. The molecule has 0 aliphatic heterocycles. The zero-order valence-electron chi connectivity index (χ0n) is 43.7. The molecule has 0 saturated heterocycles. The Morgan fingerprint density at radius 3 is 2.02 bits per heavy atom. The molecule has 6 heteroatoms. The van der Waals surface area contributed by atoms with Crippen molar-refractivity contribution in [3.05, 3.63) is 194 Å². The summed E-state index contributed by atoms with van der Waals surface area (Å²) in [4.78, 5) is 9.43. The van der Waals surface area contributed by atoms with Crippen molar-refractivity contribution in [3.8, 4) is 51.1 Å². The maximum atomic E-state index is 8.99. The van der Waals surface area contributed by atoms with E-state index in [1.165, 1.54) is 0 Å². The number of fused-ring (bicyclic) bond motifs is 4. The van der Waals surface area contributed by atoms with Crippen molar-refractivity contribution in [1.29, 1.82) is 0 Å². The van der Waals surface area contributed by atoms with Gasteiger partial charge in [-0.05, 0) is 76.0 Å². The van der Waals surface area contributed by atoms with E-state index < -0.39 is 72.2 Å². The van der Waals surface area contributed by atoms with Gasteiger partial charge in [0.25, 0.3) is 6.33 Å². The second-order valence-electron chi connectivity index (χ2n) is 14.7. The Morgan fingerprint density at radius 1 is 0.638 bits per heavy atom. The molecule has 4 heterocycles. The Morgan fingerprint density at radius 2 is 1.28 bits per heavy atom. The van der Waals surface area contributed by atoms with E-state index in [1.54, 1.807) is 76.1 Å². The van der Waals surface area contributed by atoms with Gasteiger partial charge < -0.3 is 4.74 Å². The van der Waals surface area contributed by atoms with E-state index in [-0.39, 0.29) is 27.9 Å². The Hall–Kier alpha value is -7.31. The van der Waals surface area contributed by atoms with E-state index in [2.05, 4.69) is 6.33 Å². The van der Waals surface area contributed by atoms with Crippen molar-refractivity contribution < 1.29 is 25.8 Å². The van der Waals surface area contributed by atoms with Crippen LogP contribution < -0.4 is 9.30 Å². The van der Waals surface area contributed by atoms with Crippen LogP contribution in [0.3, 0.4) is 0 Å². The van der Waals surface area contributed by atoms with Crippen LogP contribution in [-0.2, 0) is 6.37 Å². The maximum absolute atomic E-state index is 8.99. The van der Waals surface area contributed by atoms with Crippen LogP contribution in [0.5, 0.6) is 11.5 Å². The molecule has 6 aromatic carbocycles. The Kier molecular flexibility index (Phi) is 6.01. The first-order chi connectivity index (χ1) is 33.3. The third kappa shape index (κ3) is 6.48. The van der Waals surface area contributed by atoms with Crippen LogP contribution in [0.4, 0.5) is 0 Å². The second kappa shape index (κ2) is 14.3. The van der Waals surface area contributed by atoms with Crippen molar-refractivity contribution in [2.75, 3.05) is 0 Å². The molecule has 10 aromatic rings. The van der Waals surface area contributed by atoms with Crippen molar-refractivity contribution in [1.82, 2.24) is 19.1 Å². The first-order valence-electron chi connectivity index (χ1n) is 24.7. The first-order valence-corrected chi connectivity index (χ1v) is 18.7. The Labute approximate surface area is 354 Å². The van der Waals surface area contributed by atoms with Crippen molar-refractivity contribution in [3.63, 3.8) is 0 Å². The average molecular weight is 764 g/mol. The molecule has 0 bridgehead atoms. The van der Waals surface area contributed by atoms with Gasteiger partial charge in [-0.15, -0.1) is 0 Å². The maximum Gasteiger partial charge on any atom is 0.271 e. The summed E-state index contributed by atoms with van der Waals surface area (Å²) < 4.78 is 117. The number of pyridine rings is 2. The summed E-state index contributed by atoms with van der Waals surface area (Å²) in [6.45, 7) is 5.61. The molecule has 0 aliphatic rings. The average Bonchev–Trinajstić information content (AvgIpc) is 3.90. The van der Waals surface area contributed by atoms with E-state index in [4.69, 9.17) is 31.2 Å². The van der Waals surface area contributed by atoms with Gasteiger partial charge in [-0.2, -0.15) is 0 Å². The van der Waals surface area contributed by atoms with Crippen molar-refractivity contribution in [2.45, 2.75) is 27.1 Å². The smallest absolute Gasteiger partial charge is 0.271 e. The highest BCUT2D eigenvalue weighted by molar-refractivity contribution is 6.09. The molecular weight excluding hydrogens is 711 g/mol. The zero-order chi connectivity index (χ0) is 49.7. The third-order valence-electron chi connectivity index (χ3n) is 9.68. The van der Waals surface area contributed by atoms with Crippen LogP contribution in [0.1, 0.15) is 42.8 Å². The van der Waals surface area contributed by atoms with Crippen LogP contribution in [0, 0.1) is 11.7 Å². The molecule has 0 atom stereocenters. The number of benzene rings is 6. The van der Waals surface area contributed by atoms with Gasteiger partial charge in [0.1, 0.15) is 17.3 Å². The Balaban J connectivity index is 1.13. The number of hydrogen-bond acceptors (Lipinski definition) is 3. The minimum atomic E-state index is -1.65. The standard InChI is InChI=1S/C52H41N5O/c1-52(2,3)34-36-27-29-54-50(31-36)57-45-22-11-10-19-43(45)44-26-25-39(32-48(44)57)58-40-28-30-53-49(33-40)55-35-56(47-24-13-12-23-46(47)55)51-41(37-15-6-4-7-16-37)20-14-21-42(51)38-17-8-5-9-18-38/h4-33H,34H2,1-3H3/i4D,5D,6D,7D,8D,9D,15D,16D,17D,18D,34D2. The van der Waals surface area contributed by atoms with Gasteiger partial charge in [0.2, 0.25) is 0 Å². The molecule has 0 N–H and O–H groups in total. The predicted molar refractivity (Wildman–Crippen MR) is 234 cm³/mol. The first kappa shape index (κ1) is 24.4. The van der Waals surface area contributed by atoms with Crippen LogP contribution in [0.25, 0.3) is 72.4 Å². The highest BCUT2D eigenvalue weighted by Crippen LogP contribution is 2.37. The predicted octanol–water partition coefficient (Wildman–Crippen LogP) is 12.3. The number of imidazole rings is 1. The largest absolute Gasteiger partial charge is 0.458 e. The van der Waals surface area contributed by atoms with Crippen molar-refractivity contribution in [2.24, 2.45) is 5.41 Å². The van der Waals surface area contributed by atoms with E-state index in [9.17, 15) is 0 Å². The lowest BCUT2D eigenvalue weighted by molar-refractivity contribution is -0.571. The number of rotatable bonds is 8. The summed E-state index contributed by atoms with van der Waals surface area (Å²) in [5.74, 6) is 1.79. The van der Waals surface area contributed by atoms with E-state index >= 15 is 0 Å². The molecule has 0 spiro atoms. The number of hydrogen-bond donors (Lipinski definition) is 0. The van der Waals surface area contributed by atoms with Gasteiger partial charge in [-0.1, -0.05) is 142 Å². The van der Waals surface area contributed by atoms with Crippen LogP contribution in [-0.4, -0.2) is 19.1 Å². The summed E-state index contributed by atoms with van der Waals surface area (Å²) in [7, 11) is 0. The molecule has 0 aliphatic carbocycles. The number of ether oxygens (including phenoxy) is 1. The minimum absolute atomic E-state index is 0.123. The van der Waals surface area contributed by atoms with Crippen LogP contribution in [0.2, 0.25) is 0 Å². The van der Waals surface area contributed by atoms with Crippen LogP contribution >= 0.6 is 0 Å². The van der Waals surface area contributed by atoms with E-state index in [1.807, 2.05) is 79.9 Å². The van der Waals surface area contributed by atoms with Gasteiger partial charge in [0, 0.05) is 38.0 Å². The lowest BCUT2D eigenvalue weighted by atomic mass is 9.88. The third-order valence-corrected chi connectivity index (χ3v) is 9.68. The lowest BCUT2D eigenvalue weighted by Crippen LogP contribution is -2.31. The molecule has 4 aromatic heterocycles. The normalized spacial score (nSPS) is 14.9. The molecule has 0 unspecified atom stereocenters. The van der Waals surface area contributed by atoms with Crippen molar-refractivity contribution >= 4 is 32.8 Å². The summed E-state index contributed by atoms with van der Waals surface area (Å²) >= 11 is 0. The quantitative estimate of drug-likeness (QED) is 0.114. The lowest BCUT2D eigenvalue weighted by Gasteiger charge is -2.18. The van der Waals surface area contributed by atoms with E-state index in [0.29, 0.717) is 39.7 Å². The van der Waals surface area contributed by atoms with Crippen LogP contribution in [0.15, 0.2) is 182 Å². The fraction of sp³-hybridized carbons (Fsp3) is 0.0962. The topological polar surface area (TPSA) is 48.8 Å². The van der Waals surface area contributed by atoms with Gasteiger partial charge in [-0.25, -0.2) is 4.98 Å². The summed E-state index contributed by atoms with van der Waals surface area (Å²) in [6.07, 6.45) is 4.90. The minimum Gasteiger partial charge on any atom is -0.458 e. The van der Waals surface area contributed by atoms with Gasteiger partial charge in [0.05, 0.1) is 41.5 Å². The molecule has 280 valence electrons. The molecule has 10 rings (SSSR count). The number of nitrogens with zero attached hydrogens (tertiary/aromatic N) is 5. The second-order valence-corrected chi connectivity index (χ2v) is 14.7. The molecular formula is C52H41N5O. The SMILES string of the molecule is [2H]c1c([2H])c([2H])c(-c2cccc(-c3c([2H])c([2H])c([2H])c([2H])c3[2H])c2-[n+]2[c-]n(-c3cc(Oc4ccc5c6ccccc6n(-c6cc(C([2H])([2H])C(C)(C)C)ccn6)c5c4)ccn3)c3ccccc32)c([2H])c1[2H]. The number of para-hydroxylation sites is 4.